The molecule has 0 atom stereocenters. The summed E-state index contributed by atoms with van der Waals surface area (Å²) in [6, 6.07) is 14.2. The number of amides is 2. The van der Waals surface area contributed by atoms with Crippen molar-refractivity contribution in [2.75, 3.05) is 10.6 Å². The van der Waals surface area contributed by atoms with Gasteiger partial charge in [-0.15, -0.1) is 0 Å². The molecule has 0 heterocycles. The Morgan fingerprint density at radius 2 is 1.45 bits per heavy atom. The highest BCUT2D eigenvalue weighted by molar-refractivity contribution is 9.10. The first kappa shape index (κ1) is 14.3. The summed E-state index contributed by atoms with van der Waals surface area (Å²) in [5.41, 5.74) is 1.66. The van der Waals surface area contributed by atoms with Gasteiger partial charge in [-0.1, -0.05) is 24.3 Å². The van der Waals surface area contributed by atoms with E-state index >= 15 is 0 Å². The Bertz CT molecular complexity index is 656. The first-order valence-electron chi connectivity index (χ1n) is 6.00. The van der Waals surface area contributed by atoms with Gasteiger partial charge in [0.15, 0.2) is 0 Å². The molecule has 0 fully saturated rings. The van der Waals surface area contributed by atoms with E-state index in [-0.39, 0.29) is 11.8 Å². The second-order valence-corrected chi connectivity index (χ2v) is 5.02. The standard InChI is InChI=1S/C15H13BrN2O2/c1-10(19)17-13-8-4-5-9-14(13)18-15(20)11-6-2-3-7-12(11)16/h2-9H,1H3,(H,17,19)(H,18,20). The topological polar surface area (TPSA) is 58.2 Å². The number of carbonyl (C=O) groups is 2. The second-order valence-electron chi connectivity index (χ2n) is 4.16. The highest BCUT2D eigenvalue weighted by atomic mass is 79.9. The summed E-state index contributed by atoms with van der Waals surface area (Å²) in [5.74, 6) is -0.428. The molecule has 2 N–H and O–H groups in total. The molecule has 0 aromatic heterocycles. The number of para-hydroxylation sites is 2. The molecule has 2 rings (SSSR count). The van der Waals surface area contributed by atoms with Gasteiger partial charge in [-0.25, -0.2) is 0 Å². The lowest BCUT2D eigenvalue weighted by Crippen LogP contribution is -2.15. The molecule has 4 nitrogen and oxygen atoms in total. The average molecular weight is 333 g/mol. The lowest BCUT2D eigenvalue weighted by atomic mass is 10.2. The number of rotatable bonds is 3. The zero-order valence-electron chi connectivity index (χ0n) is 10.8. The Morgan fingerprint density at radius 1 is 0.900 bits per heavy atom. The summed E-state index contributed by atoms with van der Waals surface area (Å²) >= 11 is 3.34. The summed E-state index contributed by atoms with van der Waals surface area (Å²) in [7, 11) is 0. The van der Waals surface area contributed by atoms with Crippen LogP contribution in [0.1, 0.15) is 17.3 Å². The van der Waals surface area contributed by atoms with Gasteiger partial charge in [0.1, 0.15) is 0 Å². The van der Waals surface area contributed by atoms with Crippen molar-refractivity contribution in [3.05, 3.63) is 58.6 Å². The van der Waals surface area contributed by atoms with Crippen LogP contribution in [-0.4, -0.2) is 11.8 Å². The molecule has 0 aliphatic carbocycles. The zero-order valence-corrected chi connectivity index (χ0v) is 12.4. The van der Waals surface area contributed by atoms with E-state index in [0.717, 1.165) is 4.47 Å². The van der Waals surface area contributed by atoms with Gasteiger partial charge in [0.2, 0.25) is 5.91 Å². The lowest BCUT2D eigenvalue weighted by Gasteiger charge is -2.11. The van der Waals surface area contributed by atoms with E-state index in [2.05, 4.69) is 26.6 Å². The fraction of sp³-hybridized carbons (Fsp3) is 0.0667. The minimum absolute atomic E-state index is 0.187. The Hall–Kier alpha value is -2.14. The van der Waals surface area contributed by atoms with Crippen molar-refractivity contribution in [2.45, 2.75) is 6.92 Å². The van der Waals surface area contributed by atoms with E-state index in [4.69, 9.17) is 0 Å². The Morgan fingerprint density at radius 3 is 2.05 bits per heavy atom. The van der Waals surface area contributed by atoms with Crippen LogP contribution in [0.25, 0.3) is 0 Å². The summed E-state index contributed by atoms with van der Waals surface area (Å²) in [4.78, 5) is 23.4. The molecule has 2 aromatic rings. The van der Waals surface area contributed by atoms with Crippen LogP contribution >= 0.6 is 15.9 Å². The van der Waals surface area contributed by atoms with Gasteiger partial charge < -0.3 is 10.6 Å². The third-order valence-corrected chi connectivity index (χ3v) is 3.30. The summed E-state index contributed by atoms with van der Waals surface area (Å²) in [5, 5.41) is 5.47. The van der Waals surface area contributed by atoms with Gasteiger partial charge in [0.05, 0.1) is 16.9 Å². The zero-order chi connectivity index (χ0) is 14.5. The van der Waals surface area contributed by atoms with Crippen molar-refractivity contribution in [3.63, 3.8) is 0 Å². The number of halogens is 1. The fourth-order valence-electron chi connectivity index (χ4n) is 1.73. The van der Waals surface area contributed by atoms with Crippen molar-refractivity contribution in [1.29, 1.82) is 0 Å². The normalized spacial score (nSPS) is 9.90. The van der Waals surface area contributed by atoms with E-state index < -0.39 is 0 Å². The van der Waals surface area contributed by atoms with Crippen LogP contribution in [0.5, 0.6) is 0 Å². The van der Waals surface area contributed by atoms with Gasteiger partial charge in [-0.05, 0) is 40.2 Å². The third-order valence-electron chi connectivity index (χ3n) is 2.60. The van der Waals surface area contributed by atoms with Crippen molar-refractivity contribution in [3.8, 4) is 0 Å². The first-order chi connectivity index (χ1) is 9.58. The van der Waals surface area contributed by atoms with Gasteiger partial charge >= 0.3 is 0 Å². The van der Waals surface area contributed by atoms with Crippen LogP contribution in [-0.2, 0) is 4.79 Å². The van der Waals surface area contributed by atoms with Crippen LogP contribution in [0.4, 0.5) is 11.4 Å². The molecule has 0 aliphatic rings. The molecule has 0 spiro atoms. The Labute approximate surface area is 125 Å². The van der Waals surface area contributed by atoms with Crippen molar-refractivity contribution in [2.24, 2.45) is 0 Å². The fourth-order valence-corrected chi connectivity index (χ4v) is 2.19. The third kappa shape index (κ3) is 3.45. The summed E-state index contributed by atoms with van der Waals surface area (Å²) in [6.45, 7) is 1.42. The minimum atomic E-state index is -0.240. The van der Waals surface area contributed by atoms with Crippen LogP contribution in [0.15, 0.2) is 53.0 Å². The van der Waals surface area contributed by atoms with E-state index in [9.17, 15) is 9.59 Å². The highest BCUT2D eigenvalue weighted by Crippen LogP contribution is 2.23. The molecule has 0 saturated heterocycles. The largest absolute Gasteiger partial charge is 0.325 e. The molecule has 0 saturated carbocycles. The van der Waals surface area contributed by atoms with E-state index in [1.165, 1.54) is 6.92 Å². The quantitative estimate of drug-likeness (QED) is 0.901. The van der Waals surface area contributed by atoms with Gasteiger partial charge in [0.25, 0.3) is 5.91 Å². The first-order valence-corrected chi connectivity index (χ1v) is 6.79. The average Bonchev–Trinajstić information content (AvgIpc) is 2.41. The minimum Gasteiger partial charge on any atom is -0.325 e. The van der Waals surface area contributed by atoms with Crippen LogP contribution in [0.3, 0.4) is 0 Å². The second kappa shape index (κ2) is 6.34. The number of benzene rings is 2. The maximum atomic E-state index is 12.2. The highest BCUT2D eigenvalue weighted by Gasteiger charge is 2.11. The number of anilines is 2. The smallest absolute Gasteiger partial charge is 0.256 e. The summed E-state index contributed by atoms with van der Waals surface area (Å²) < 4.78 is 0.717. The molecule has 2 aromatic carbocycles. The Balaban J connectivity index is 2.24. The maximum absolute atomic E-state index is 12.2. The van der Waals surface area contributed by atoms with Crippen LogP contribution < -0.4 is 10.6 Å². The Kier molecular flexibility index (Phi) is 4.53. The molecule has 5 heteroatoms. The molecule has 20 heavy (non-hydrogen) atoms. The van der Waals surface area contributed by atoms with Crippen LogP contribution in [0.2, 0.25) is 0 Å². The number of hydrogen-bond donors (Lipinski definition) is 2. The molecular weight excluding hydrogens is 320 g/mol. The SMILES string of the molecule is CC(=O)Nc1ccccc1NC(=O)c1ccccc1Br. The van der Waals surface area contributed by atoms with Crippen molar-refractivity contribution >= 4 is 39.1 Å². The molecular formula is C15H13BrN2O2. The molecule has 0 bridgehead atoms. The monoisotopic (exact) mass is 332 g/mol. The molecule has 0 unspecified atom stereocenters. The molecule has 0 radical (unpaired) electrons. The molecule has 0 aliphatic heterocycles. The van der Waals surface area contributed by atoms with Gasteiger partial charge in [0, 0.05) is 11.4 Å². The predicted octanol–water partition coefficient (Wildman–Crippen LogP) is 3.66. The van der Waals surface area contributed by atoms with Gasteiger partial charge in [-0.3, -0.25) is 9.59 Å². The van der Waals surface area contributed by atoms with Crippen molar-refractivity contribution < 1.29 is 9.59 Å². The van der Waals surface area contributed by atoms with E-state index in [1.807, 2.05) is 6.07 Å². The number of carbonyl (C=O) groups excluding carboxylic acids is 2. The molecule has 2 amide bonds. The lowest BCUT2D eigenvalue weighted by molar-refractivity contribution is -0.114. The van der Waals surface area contributed by atoms with Crippen molar-refractivity contribution in [1.82, 2.24) is 0 Å². The summed E-state index contributed by atoms with van der Waals surface area (Å²) in [6.07, 6.45) is 0. The van der Waals surface area contributed by atoms with Gasteiger partial charge in [-0.2, -0.15) is 0 Å². The van der Waals surface area contributed by atoms with E-state index in [1.54, 1.807) is 42.5 Å². The predicted molar refractivity (Wildman–Crippen MR) is 82.8 cm³/mol. The maximum Gasteiger partial charge on any atom is 0.256 e. The number of hydrogen-bond acceptors (Lipinski definition) is 2. The van der Waals surface area contributed by atoms with Crippen LogP contribution in [0, 0.1) is 0 Å². The molecule has 102 valence electrons. The van der Waals surface area contributed by atoms with E-state index in [0.29, 0.717) is 16.9 Å². The number of nitrogens with one attached hydrogen (secondary N) is 2.